The van der Waals surface area contributed by atoms with Gasteiger partial charge in [0.1, 0.15) is 5.69 Å². The van der Waals surface area contributed by atoms with Crippen molar-refractivity contribution in [2.24, 2.45) is 5.92 Å². The van der Waals surface area contributed by atoms with Crippen molar-refractivity contribution in [3.63, 3.8) is 0 Å². The van der Waals surface area contributed by atoms with E-state index in [4.69, 9.17) is 0 Å². The Morgan fingerprint density at radius 2 is 1.96 bits per heavy atom. The SMILES string of the molecule is Cl.O=C(c1ccn(C2CCCNC2)n1)N(CC1CC1)C1CCCCC1. The molecule has 1 unspecified atom stereocenters. The van der Waals surface area contributed by atoms with Crippen LogP contribution < -0.4 is 5.32 Å². The first-order valence-corrected chi connectivity index (χ1v) is 9.88. The smallest absolute Gasteiger partial charge is 0.274 e. The highest BCUT2D eigenvalue weighted by Gasteiger charge is 2.33. The zero-order valence-corrected chi connectivity index (χ0v) is 15.8. The average molecular weight is 367 g/mol. The minimum atomic E-state index is 0. The number of amides is 1. The van der Waals surface area contributed by atoms with E-state index < -0.39 is 0 Å². The molecular weight excluding hydrogens is 336 g/mol. The molecule has 0 aromatic carbocycles. The monoisotopic (exact) mass is 366 g/mol. The Morgan fingerprint density at radius 3 is 2.64 bits per heavy atom. The molecule has 3 fully saturated rings. The van der Waals surface area contributed by atoms with Gasteiger partial charge in [-0.15, -0.1) is 12.4 Å². The van der Waals surface area contributed by atoms with Gasteiger partial charge in [0.25, 0.3) is 5.91 Å². The molecule has 1 atom stereocenters. The zero-order chi connectivity index (χ0) is 16.4. The summed E-state index contributed by atoms with van der Waals surface area (Å²) in [5, 5.41) is 8.09. The summed E-state index contributed by atoms with van der Waals surface area (Å²) >= 11 is 0. The molecule has 1 aromatic rings. The van der Waals surface area contributed by atoms with E-state index in [0.717, 1.165) is 32.0 Å². The Labute approximate surface area is 156 Å². The first-order valence-electron chi connectivity index (χ1n) is 9.88. The number of nitrogens with one attached hydrogen (secondary N) is 1. The van der Waals surface area contributed by atoms with Crippen LogP contribution in [0.15, 0.2) is 12.3 Å². The van der Waals surface area contributed by atoms with Gasteiger partial charge in [-0.25, -0.2) is 0 Å². The molecule has 4 rings (SSSR count). The summed E-state index contributed by atoms with van der Waals surface area (Å²) in [5.74, 6) is 0.900. The quantitative estimate of drug-likeness (QED) is 0.868. The molecule has 6 heteroatoms. The molecule has 2 heterocycles. The van der Waals surface area contributed by atoms with Gasteiger partial charge in [-0.3, -0.25) is 9.48 Å². The summed E-state index contributed by atoms with van der Waals surface area (Å²) in [7, 11) is 0. The third-order valence-electron chi connectivity index (χ3n) is 5.90. The van der Waals surface area contributed by atoms with Gasteiger partial charge in [0.2, 0.25) is 0 Å². The molecule has 1 saturated heterocycles. The van der Waals surface area contributed by atoms with Gasteiger partial charge in [0.15, 0.2) is 0 Å². The van der Waals surface area contributed by atoms with Gasteiger partial charge in [-0.1, -0.05) is 19.3 Å². The van der Waals surface area contributed by atoms with Gasteiger partial charge >= 0.3 is 0 Å². The van der Waals surface area contributed by atoms with Crippen LogP contribution in [0.3, 0.4) is 0 Å². The molecule has 140 valence electrons. The van der Waals surface area contributed by atoms with Crippen LogP contribution >= 0.6 is 12.4 Å². The lowest BCUT2D eigenvalue weighted by Gasteiger charge is -2.34. The standard InChI is InChI=1S/C19H30N4O.ClH/c24-19(18-10-12-23(21-18)17-7-4-11-20-13-17)22(14-15-8-9-15)16-5-2-1-3-6-16;/h10,12,15-17,20H,1-9,11,13-14H2;1H. The van der Waals surface area contributed by atoms with Crippen molar-refractivity contribution in [2.75, 3.05) is 19.6 Å². The van der Waals surface area contributed by atoms with Crippen LogP contribution in [0.4, 0.5) is 0 Å². The van der Waals surface area contributed by atoms with Crippen LogP contribution in [0.2, 0.25) is 0 Å². The van der Waals surface area contributed by atoms with Crippen molar-refractivity contribution < 1.29 is 4.79 Å². The van der Waals surface area contributed by atoms with Crippen LogP contribution in [-0.2, 0) is 0 Å². The van der Waals surface area contributed by atoms with Crippen LogP contribution in [0.25, 0.3) is 0 Å². The molecule has 1 amide bonds. The fourth-order valence-corrected chi connectivity index (χ4v) is 4.23. The Morgan fingerprint density at radius 1 is 1.16 bits per heavy atom. The van der Waals surface area contributed by atoms with Gasteiger partial charge in [0, 0.05) is 25.3 Å². The Kier molecular flexibility index (Phi) is 6.39. The maximum absolute atomic E-state index is 13.1. The van der Waals surface area contributed by atoms with E-state index >= 15 is 0 Å². The molecule has 1 aromatic heterocycles. The van der Waals surface area contributed by atoms with Crippen molar-refractivity contribution >= 4 is 18.3 Å². The molecule has 2 saturated carbocycles. The predicted molar refractivity (Wildman–Crippen MR) is 101 cm³/mol. The highest BCUT2D eigenvalue weighted by atomic mass is 35.5. The summed E-state index contributed by atoms with van der Waals surface area (Å²) in [5.41, 5.74) is 0.645. The number of carbonyl (C=O) groups excluding carboxylic acids is 1. The highest BCUT2D eigenvalue weighted by Crippen LogP contribution is 2.33. The first-order chi connectivity index (χ1) is 11.8. The lowest BCUT2D eigenvalue weighted by atomic mass is 9.93. The molecular formula is C19H31ClN4O. The Balaban J connectivity index is 0.00000182. The summed E-state index contributed by atoms with van der Waals surface area (Å²) < 4.78 is 2.01. The van der Waals surface area contributed by atoms with Crippen molar-refractivity contribution in [1.29, 1.82) is 0 Å². The lowest BCUT2D eigenvalue weighted by Crippen LogP contribution is -2.43. The van der Waals surface area contributed by atoms with E-state index in [9.17, 15) is 4.79 Å². The fourth-order valence-electron chi connectivity index (χ4n) is 4.23. The number of nitrogens with zero attached hydrogens (tertiary/aromatic N) is 3. The maximum atomic E-state index is 13.1. The van der Waals surface area contributed by atoms with E-state index in [1.807, 2.05) is 16.9 Å². The predicted octanol–water partition coefficient (Wildman–Crippen LogP) is 3.41. The minimum absolute atomic E-state index is 0. The summed E-state index contributed by atoms with van der Waals surface area (Å²) in [6.07, 6.45) is 13.1. The Bertz CT molecular complexity index is 560. The molecule has 1 N–H and O–H groups in total. The molecule has 0 radical (unpaired) electrons. The molecule has 25 heavy (non-hydrogen) atoms. The van der Waals surface area contributed by atoms with E-state index in [-0.39, 0.29) is 18.3 Å². The second-order valence-corrected chi connectivity index (χ2v) is 7.87. The van der Waals surface area contributed by atoms with Crippen LogP contribution in [0.5, 0.6) is 0 Å². The second kappa shape index (κ2) is 8.54. The second-order valence-electron chi connectivity index (χ2n) is 7.87. The summed E-state index contributed by atoms with van der Waals surface area (Å²) in [6, 6.07) is 2.76. The number of rotatable bonds is 5. The highest BCUT2D eigenvalue weighted by molar-refractivity contribution is 5.92. The average Bonchev–Trinajstić information content (AvgIpc) is 3.33. The number of halogens is 1. The number of aromatic nitrogens is 2. The van der Waals surface area contributed by atoms with Gasteiger partial charge in [-0.2, -0.15) is 5.10 Å². The largest absolute Gasteiger partial charge is 0.334 e. The molecule has 0 spiro atoms. The Hall–Kier alpha value is -1.07. The first kappa shape index (κ1) is 18.7. The molecule has 5 nitrogen and oxygen atoms in total. The van der Waals surface area contributed by atoms with Gasteiger partial charge in [-0.05, 0) is 57.1 Å². The van der Waals surface area contributed by atoms with Gasteiger partial charge in [0.05, 0.1) is 6.04 Å². The van der Waals surface area contributed by atoms with Crippen LogP contribution in [-0.4, -0.2) is 46.3 Å². The van der Waals surface area contributed by atoms with Crippen molar-refractivity contribution in [2.45, 2.75) is 69.9 Å². The van der Waals surface area contributed by atoms with E-state index in [0.29, 0.717) is 17.8 Å². The topological polar surface area (TPSA) is 50.2 Å². The van der Waals surface area contributed by atoms with Crippen molar-refractivity contribution in [3.05, 3.63) is 18.0 Å². The third-order valence-corrected chi connectivity index (χ3v) is 5.90. The maximum Gasteiger partial charge on any atom is 0.274 e. The molecule has 2 aliphatic carbocycles. The normalized spacial score (nSPS) is 24.6. The van der Waals surface area contributed by atoms with Crippen molar-refractivity contribution in [3.8, 4) is 0 Å². The lowest BCUT2D eigenvalue weighted by molar-refractivity contribution is 0.0614. The van der Waals surface area contributed by atoms with Crippen LogP contribution in [0.1, 0.15) is 74.3 Å². The molecule has 1 aliphatic heterocycles. The van der Waals surface area contributed by atoms with E-state index in [1.54, 1.807) is 0 Å². The number of carbonyl (C=O) groups is 1. The van der Waals surface area contributed by atoms with Gasteiger partial charge < -0.3 is 10.2 Å². The van der Waals surface area contributed by atoms with E-state index in [2.05, 4.69) is 15.3 Å². The zero-order valence-electron chi connectivity index (χ0n) is 15.0. The van der Waals surface area contributed by atoms with E-state index in [1.165, 1.54) is 51.4 Å². The minimum Gasteiger partial charge on any atom is -0.334 e. The summed E-state index contributed by atoms with van der Waals surface area (Å²) in [4.78, 5) is 15.3. The van der Waals surface area contributed by atoms with Crippen molar-refractivity contribution in [1.82, 2.24) is 20.0 Å². The molecule has 3 aliphatic rings. The summed E-state index contributed by atoms with van der Waals surface area (Å²) in [6.45, 7) is 3.01. The fraction of sp³-hybridized carbons (Fsp3) is 0.789. The third kappa shape index (κ3) is 4.56. The number of hydrogen-bond acceptors (Lipinski definition) is 3. The van der Waals surface area contributed by atoms with Crippen LogP contribution in [0, 0.1) is 5.92 Å². The number of hydrogen-bond donors (Lipinski definition) is 1. The number of piperidine rings is 1. The molecule has 0 bridgehead atoms.